The number of hydrogen-bond donors (Lipinski definition) is 0. The van der Waals surface area contributed by atoms with Crippen LogP contribution in [0.1, 0.15) is 11.1 Å². The Hall–Kier alpha value is -2.06. The van der Waals surface area contributed by atoms with Crippen molar-refractivity contribution < 1.29 is 4.74 Å². The molecule has 0 N–H and O–H groups in total. The number of aromatic nitrogens is 1. The molecule has 1 heterocycles. The zero-order chi connectivity index (χ0) is 13.9. The Balaban J connectivity index is 1.83. The number of ether oxygens (including phenoxy) is 1. The third kappa shape index (κ3) is 2.75. The van der Waals surface area contributed by atoms with Crippen molar-refractivity contribution in [2.24, 2.45) is 0 Å². The first kappa shape index (κ1) is 12.9. The second-order valence-electron chi connectivity index (χ2n) is 4.73. The molecule has 0 atom stereocenters. The van der Waals surface area contributed by atoms with Gasteiger partial charge in [0, 0.05) is 10.9 Å². The van der Waals surface area contributed by atoms with Crippen LogP contribution >= 0.6 is 11.6 Å². The first-order valence-electron chi connectivity index (χ1n) is 6.46. The minimum Gasteiger partial charge on any atom is -0.489 e. The van der Waals surface area contributed by atoms with E-state index in [1.165, 1.54) is 5.56 Å². The summed E-state index contributed by atoms with van der Waals surface area (Å²) in [6.45, 7) is 2.47. The molecule has 2 nitrogen and oxygen atoms in total. The molecule has 3 aromatic rings. The number of para-hydroxylation sites is 1. The van der Waals surface area contributed by atoms with Crippen LogP contribution in [0.3, 0.4) is 0 Å². The van der Waals surface area contributed by atoms with E-state index in [9.17, 15) is 0 Å². The number of hydrogen-bond acceptors (Lipinski definition) is 2. The molecule has 0 bridgehead atoms. The van der Waals surface area contributed by atoms with E-state index in [-0.39, 0.29) is 0 Å². The summed E-state index contributed by atoms with van der Waals surface area (Å²) in [7, 11) is 0. The Labute approximate surface area is 123 Å². The second kappa shape index (κ2) is 5.51. The van der Waals surface area contributed by atoms with Gasteiger partial charge >= 0.3 is 0 Å². The van der Waals surface area contributed by atoms with Crippen molar-refractivity contribution in [1.29, 1.82) is 0 Å². The van der Waals surface area contributed by atoms with Crippen LogP contribution in [0.5, 0.6) is 5.75 Å². The maximum absolute atomic E-state index is 6.20. The molecular weight excluding hydrogens is 270 g/mol. The summed E-state index contributed by atoms with van der Waals surface area (Å²) in [5.41, 5.74) is 3.00. The molecular formula is C17H14ClNO. The predicted molar refractivity (Wildman–Crippen MR) is 82.3 cm³/mol. The number of aryl methyl sites for hydroxylation is 1. The van der Waals surface area contributed by atoms with Crippen LogP contribution < -0.4 is 4.74 Å². The van der Waals surface area contributed by atoms with E-state index in [2.05, 4.69) is 4.98 Å². The molecule has 0 aliphatic carbocycles. The summed E-state index contributed by atoms with van der Waals surface area (Å²) >= 11 is 6.20. The minimum atomic E-state index is 0.416. The molecule has 1 aromatic heterocycles. The Kier molecular flexibility index (Phi) is 3.57. The van der Waals surface area contributed by atoms with E-state index in [0.29, 0.717) is 11.8 Å². The van der Waals surface area contributed by atoms with Crippen molar-refractivity contribution in [3.05, 3.63) is 70.9 Å². The molecule has 0 saturated heterocycles. The van der Waals surface area contributed by atoms with Gasteiger partial charge in [-0.3, -0.25) is 0 Å². The van der Waals surface area contributed by atoms with Crippen LogP contribution in [0.15, 0.2) is 54.6 Å². The molecule has 100 valence electrons. The predicted octanol–water partition coefficient (Wildman–Crippen LogP) is 4.78. The van der Waals surface area contributed by atoms with Gasteiger partial charge in [-0.25, -0.2) is 4.98 Å². The Morgan fingerprint density at radius 1 is 1.05 bits per heavy atom. The highest BCUT2D eigenvalue weighted by atomic mass is 35.5. The summed E-state index contributed by atoms with van der Waals surface area (Å²) < 4.78 is 5.75. The highest BCUT2D eigenvalue weighted by Gasteiger charge is 2.05. The first-order valence-corrected chi connectivity index (χ1v) is 6.84. The van der Waals surface area contributed by atoms with Crippen molar-refractivity contribution in [1.82, 2.24) is 4.98 Å². The van der Waals surface area contributed by atoms with Crippen molar-refractivity contribution in [2.75, 3.05) is 0 Å². The third-order valence-electron chi connectivity index (χ3n) is 3.17. The molecule has 3 heteroatoms. The van der Waals surface area contributed by atoms with Gasteiger partial charge in [0.15, 0.2) is 0 Å². The van der Waals surface area contributed by atoms with Crippen LogP contribution in [0, 0.1) is 6.92 Å². The number of fused-ring (bicyclic) bond motifs is 1. The van der Waals surface area contributed by atoms with Crippen molar-refractivity contribution in [3.63, 3.8) is 0 Å². The monoisotopic (exact) mass is 283 g/mol. The van der Waals surface area contributed by atoms with Crippen LogP contribution in [-0.4, -0.2) is 4.98 Å². The molecule has 0 amide bonds. The Morgan fingerprint density at radius 3 is 2.60 bits per heavy atom. The quantitative estimate of drug-likeness (QED) is 0.646. The van der Waals surface area contributed by atoms with Gasteiger partial charge < -0.3 is 4.74 Å². The molecule has 0 saturated carbocycles. The van der Waals surface area contributed by atoms with Gasteiger partial charge in [-0.1, -0.05) is 47.5 Å². The van der Waals surface area contributed by atoms with Crippen molar-refractivity contribution in [2.45, 2.75) is 13.5 Å². The maximum Gasteiger partial charge on any atom is 0.136 e. The lowest BCUT2D eigenvalue weighted by atomic mass is 10.2. The Morgan fingerprint density at radius 2 is 1.80 bits per heavy atom. The topological polar surface area (TPSA) is 22.1 Å². The fraction of sp³-hybridized carbons (Fsp3) is 0.118. The summed E-state index contributed by atoms with van der Waals surface area (Å²) in [6.07, 6.45) is 0. The van der Waals surface area contributed by atoms with Gasteiger partial charge in [0.05, 0.1) is 5.52 Å². The van der Waals surface area contributed by atoms with E-state index in [1.807, 2.05) is 61.5 Å². The third-order valence-corrected chi connectivity index (χ3v) is 3.49. The summed E-state index contributed by atoms with van der Waals surface area (Å²) in [6, 6.07) is 17.9. The van der Waals surface area contributed by atoms with E-state index < -0.39 is 0 Å². The van der Waals surface area contributed by atoms with Gasteiger partial charge in [0.25, 0.3) is 0 Å². The highest BCUT2D eigenvalue weighted by Crippen LogP contribution is 2.22. The van der Waals surface area contributed by atoms with Gasteiger partial charge in [-0.05, 0) is 31.2 Å². The normalized spacial score (nSPS) is 10.7. The first-order chi connectivity index (χ1) is 9.72. The molecule has 0 aliphatic rings. The Bertz CT molecular complexity index is 738. The largest absolute Gasteiger partial charge is 0.489 e. The lowest BCUT2D eigenvalue weighted by Gasteiger charge is -2.09. The smallest absolute Gasteiger partial charge is 0.136 e. The van der Waals surface area contributed by atoms with Gasteiger partial charge in [0.2, 0.25) is 0 Å². The summed E-state index contributed by atoms with van der Waals surface area (Å²) in [4.78, 5) is 4.39. The molecule has 0 spiro atoms. The number of pyridine rings is 1. The van der Waals surface area contributed by atoms with Gasteiger partial charge in [-0.15, -0.1) is 0 Å². The lowest BCUT2D eigenvalue weighted by molar-refractivity contribution is 0.306. The molecule has 0 unspecified atom stereocenters. The van der Waals surface area contributed by atoms with Crippen LogP contribution in [0.25, 0.3) is 10.9 Å². The van der Waals surface area contributed by atoms with Crippen LogP contribution in [-0.2, 0) is 6.61 Å². The highest BCUT2D eigenvalue weighted by molar-refractivity contribution is 6.30. The van der Waals surface area contributed by atoms with E-state index >= 15 is 0 Å². The number of benzene rings is 2. The number of rotatable bonds is 3. The standard InChI is InChI=1S/C17H14ClNO/c1-12-6-8-15(9-7-12)20-11-14-10-13-4-2-3-5-16(13)19-17(14)18/h2-10H,11H2,1H3. The molecule has 3 rings (SSSR count). The molecule has 0 aliphatic heterocycles. The fourth-order valence-corrected chi connectivity index (χ4v) is 2.23. The molecule has 0 fully saturated rings. The summed E-state index contributed by atoms with van der Waals surface area (Å²) in [5.74, 6) is 0.833. The molecule has 2 aromatic carbocycles. The maximum atomic E-state index is 6.20. The van der Waals surface area contributed by atoms with Crippen LogP contribution in [0.4, 0.5) is 0 Å². The SMILES string of the molecule is Cc1ccc(OCc2cc3ccccc3nc2Cl)cc1. The lowest BCUT2D eigenvalue weighted by Crippen LogP contribution is -1.98. The minimum absolute atomic E-state index is 0.416. The van der Waals surface area contributed by atoms with Crippen molar-refractivity contribution >= 4 is 22.5 Å². The van der Waals surface area contributed by atoms with Gasteiger partial charge in [0.1, 0.15) is 17.5 Å². The average molecular weight is 284 g/mol. The van der Waals surface area contributed by atoms with Gasteiger partial charge in [-0.2, -0.15) is 0 Å². The zero-order valence-corrected chi connectivity index (χ0v) is 11.9. The number of nitrogens with zero attached hydrogens (tertiary/aromatic N) is 1. The number of halogens is 1. The van der Waals surface area contributed by atoms with E-state index in [4.69, 9.17) is 16.3 Å². The zero-order valence-electron chi connectivity index (χ0n) is 11.1. The van der Waals surface area contributed by atoms with Crippen molar-refractivity contribution in [3.8, 4) is 5.75 Å². The molecule has 0 radical (unpaired) electrons. The van der Waals surface area contributed by atoms with Crippen LogP contribution in [0.2, 0.25) is 5.15 Å². The second-order valence-corrected chi connectivity index (χ2v) is 5.09. The molecule has 20 heavy (non-hydrogen) atoms. The summed E-state index contributed by atoms with van der Waals surface area (Å²) in [5, 5.41) is 1.57. The van der Waals surface area contributed by atoms with E-state index in [1.54, 1.807) is 0 Å². The average Bonchev–Trinajstić information content (AvgIpc) is 2.47. The fourth-order valence-electron chi connectivity index (χ4n) is 2.03. The van der Waals surface area contributed by atoms with E-state index in [0.717, 1.165) is 22.2 Å².